The van der Waals surface area contributed by atoms with Crippen molar-refractivity contribution in [2.45, 2.75) is 6.92 Å². The van der Waals surface area contributed by atoms with E-state index in [4.69, 9.17) is 0 Å². The highest BCUT2D eigenvalue weighted by Crippen LogP contribution is 2.23. The average Bonchev–Trinajstić information content (AvgIpc) is 2.74. The Hall–Kier alpha value is -2.57. The zero-order valence-corrected chi connectivity index (χ0v) is 8.86. The van der Waals surface area contributed by atoms with E-state index in [1.807, 2.05) is 0 Å². The molecule has 0 fully saturated rings. The van der Waals surface area contributed by atoms with Crippen LogP contribution in [0.25, 0.3) is 0 Å². The van der Waals surface area contributed by atoms with Gasteiger partial charge in [0.2, 0.25) is 5.82 Å². The third-order valence-electron chi connectivity index (χ3n) is 2.03. The van der Waals surface area contributed by atoms with E-state index >= 15 is 0 Å². The molecule has 1 N–H and O–H groups in total. The van der Waals surface area contributed by atoms with Gasteiger partial charge in [-0.2, -0.15) is 0 Å². The van der Waals surface area contributed by atoms with Crippen molar-refractivity contribution in [1.29, 1.82) is 0 Å². The average molecular weight is 232 g/mol. The van der Waals surface area contributed by atoms with E-state index in [2.05, 4.69) is 25.2 Å². The molecule has 0 atom stereocenters. The van der Waals surface area contributed by atoms with Gasteiger partial charge in [-0.15, -0.1) is 10.2 Å². The lowest BCUT2D eigenvalue weighted by molar-refractivity contribution is 0.112. The molecule has 17 heavy (non-hydrogen) atoms. The van der Waals surface area contributed by atoms with Gasteiger partial charge >= 0.3 is 0 Å². The molecule has 1 aromatic heterocycles. The molecule has 7 nitrogen and oxygen atoms in total. The van der Waals surface area contributed by atoms with Crippen molar-refractivity contribution in [3.05, 3.63) is 29.5 Å². The normalized spacial score (nSPS) is 10.9. The predicted octanol–water partition coefficient (Wildman–Crippen LogP) is 2.31. The van der Waals surface area contributed by atoms with Crippen LogP contribution < -0.4 is 0 Å². The van der Waals surface area contributed by atoms with Crippen molar-refractivity contribution in [3.63, 3.8) is 0 Å². The summed E-state index contributed by atoms with van der Waals surface area (Å²) in [6.07, 6.45) is 0.539. The molecular weight excluding hydrogens is 224 g/mol. The highest BCUT2D eigenvalue weighted by Gasteiger charge is 2.04. The van der Waals surface area contributed by atoms with Crippen LogP contribution >= 0.6 is 0 Å². The second kappa shape index (κ2) is 4.52. The van der Waals surface area contributed by atoms with Crippen molar-refractivity contribution in [3.8, 4) is 5.75 Å². The summed E-state index contributed by atoms with van der Waals surface area (Å²) in [6, 6.07) is 4.30. The number of benzene rings is 1. The van der Waals surface area contributed by atoms with E-state index in [0.717, 1.165) is 0 Å². The number of nitrogens with zero attached hydrogens (tertiary/aromatic N) is 4. The van der Waals surface area contributed by atoms with E-state index in [1.165, 1.54) is 18.2 Å². The standard InChI is InChI=1S/C10H8N4O3/c1-6-10(14-17-13-6)12-11-8-2-3-9(16)7(4-8)5-15/h2-5,16H,1H3. The molecule has 0 spiro atoms. The molecule has 0 aliphatic heterocycles. The van der Waals surface area contributed by atoms with E-state index < -0.39 is 0 Å². The van der Waals surface area contributed by atoms with Crippen LogP contribution in [0, 0.1) is 6.92 Å². The van der Waals surface area contributed by atoms with E-state index in [9.17, 15) is 9.90 Å². The quantitative estimate of drug-likeness (QED) is 0.646. The maximum atomic E-state index is 10.6. The summed E-state index contributed by atoms with van der Waals surface area (Å²) in [5.74, 6) is 0.170. The highest BCUT2D eigenvalue weighted by atomic mass is 16.6. The fourth-order valence-corrected chi connectivity index (χ4v) is 1.12. The molecule has 7 heteroatoms. The van der Waals surface area contributed by atoms with Gasteiger partial charge in [0, 0.05) is 0 Å². The second-order valence-electron chi connectivity index (χ2n) is 3.23. The third-order valence-corrected chi connectivity index (χ3v) is 2.03. The number of carbonyl (C=O) groups excluding carboxylic acids is 1. The number of aldehydes is 1. The predicted molar refractivity (Wildman–Crippen MR) is 56.7 cm³/mol. The van der Waals surface area contributed by atoms with Crippen molar-refractivity contribution >= 4 is 17.8 Å². The van der Waals surface area contributed by atoms with Crippen LogP contribution in [-0.2, 0) is 0 Å². The molecule has 86 valence electrons. The Labute approximate surface area is 95.8 Å². The van der Waals surface area contributed by atoms with Gasteiger partial charge in [-0.3, -0.25) is 4.79 Å². The van der Waals surface area contributed by atoms with Crippen molar-refractivity contribution < 1.29 is 14.5 Å². The number of aromatic hydroxyl groups is 1. The van der Waals surface area contributed by atoms with Crippen molar-refractivity contribution in [2.24, 2.45) is 10.2 Å². The first kappa shape index (κ1) is 10.9. The minimum atomic E-state index is -0.0989. The van der Waals surface area contributed by atoms with Crippen molar-refractivity contribution in [2.75, 3.05) is 0 Å². The van der Waals surface area contributed by atoms with Crippen LogP contribution in [-0.4, -0.2) is 21.7 Å². The maximum absolute atomic E-state index is 10.6. The summed E-state index contributed by atoms with van der Waals surface area (Å²) < 4.78 is 4.45. The van der Waals surface area contributed by atoms with Gasteiger partial charge in [-0.05, 0) is 30.3 Å². The monoisotopic (exact) mass is 232 g/mol. The smallest absolute Gasteiger partial charge is 0.240 e. The molecule has 0 saturated heterocycles. The Kier molecular flexibility index (Phi) is 2.91. The first-order valence-electron chi connectivity index (χ1n) is 4.70. The fraction of sp³-hybridized carbons (Fsp3) is 0.100. The number of phenols is 1. The van der Waals surface area contributed by atoms with Gasteiger partial charge in [-0.1, -0.05) is 5.16 Å². The number of carbonyl (C=O) groups is 1. The van der Waals surface area contributed by atoms with E-state index in [-0.39, 0.29) is 17.1 Å². The van der Waals surface area contributed by atoms with Crippen LogP contribution in [0.15, 0.2) is 33.1 Å². The lowest BCUT2D eigenvalue weighted by Crippen LogP contribution is -1.79. The molecule has 0 bridgehead atoms. The molecule has 1 heterocycles. The molecule has 0 aliphatic carbocycles. The van der Waals surface area contributed by atoms with Gasteiger partial charge in [0.05, 0.1) is 11.3 Å². The van der Waals surface area contributed by atoms with Crippen molar-refractivity contribution in [1.82, 2.24) is 10.3 Å². The second-order valence-corrected chi connectivity index (χ2v) is 3.23. The summed E-state index contributed by atoms with van der Waals surface area (Å²) in [7, 11) is 0. The third kappa shape index (κ3) is 2.33. The molecule has 2 rings (SSSR count). The molecule has 0 aliphatic rings. The molecular formula is C10H8N4O3. The van der Waals surface area contributed by atoms with Crippen LogP contribution in [0.2, 0.25) is 0 Å². The molecule has 0 radical (unpaired) electrons. The number of aromatic nitrogens is 2. The fourth-order valence-electron chi connectivity index (χ4n) is 1.12. The summed E-state index contributed by atoms with van der Waals surface area (Å²) >= 11 is 0. The zero-order valence-electron chi connectivity index (χ0n) is 8.86. The topological polar surface area (TPSA) is 101 Å². The van der Waals surface area contributed by atoms with Crippen LogP contribution in [0.4, 0.5) is 11.5 Å². The SMILES string of the molecule is Cc1nonc1N=Nc1ccc(O)c(C=O)c1. The largest absolute Gasteiger partial charge is 0.507 e. The molecule has 1 aromatic carbocycles. The van der Waals surface area contributed by atoms with Crippen LogP contribution in [0.3, 0.4) is 0 Å². The first-order valence-corrected chi connectivity index (χ1v) is 4.70. The Morgan fingerprint density at radius 2 is 2.18 bits per heavy atom. The number of aryl methyl sites for hydroxylation is 1. The lowest BCUT2D eigenvalue weighted by atomic mass is 10.2. The van der Waals surface area contributed by atoms with E-state index in [0.29, 0.717) is 17.7 Å². The Balaban J connectivity index is 2.27. The van der Waals surface area contributed by atoms with Gasteiger partial charge in [-0.25, -0.2) is 4.63 Å². The lowest BCUT2D eigenvalue weighted by Gasteiger charge is -1.96. The van der Waals surface area contributed by atoms with E-state index in [1.54, 1.807) is 6.92 Å². The van der Waals surface area contributed by atoms with Crippen LogP contribution in [0.5, 0.6) is 5.75 Å². The van der Waals surface area contributed by atoms with Crippen LogP contribution in [0.1, 0.15) is 16.1 Å². The molecule has 0 saturated carbocycles. The summed E-state index contributed by atoms with van der Waals surface area (Å²) in [6.45, 7) is 1.68. The summed E-state index contributed by atoms with van der Waals surface area (Å²) in [5.41, 5.74) is 1.09. The van der Waals surface area contributed by atoms with Gasteiger partial charge in [0.1, 0.15) is 11.4 Å². The number of hydrogen-bond donors (Lipinski definition) is 1. The van der Waals surface area contributed by atoms with Gasteiger partial charge < -0.3 is 5.11 Å². The highest BCUT2D eigenvalue weighted by molar-refractivity contribution is 5.80. The number of phenolic OH excluding ortho intramolecular Hbond substituents is 1. The summed E-state index contributed by atoms with van der Waals surface area (Å²) in [5, 5.41) is 24.0. The van der Waals surface area contributed by atoms with Gasteiger partial charge in [0.15, 0.2) is 6.29 Å². The first-order chi connectivity index (χ1) is 8.20. The van der Waals surface area contributed by atoms with Gasteiger partial charge in [0.25, 0.3) is 0 Å². The Bertz CT molecular complexity index is 577. The number of hydrogen-bond acceptors (Lipinski definition) is 7. The minimum absolute atomic E-state index is 0.0989. The Morgan fingerprint density at radius 3 is 2.82 bits per heavy atom. The maximum Gasteiger partial charge on any atom is 0.240 e. The molecule has 2 aromatic rings. The zero-order chi connectivity index (χ0) is 12.3. The molecule has 0 amide bonds. The molecule has 0 unspecified atom stereocenters. The Morgan fingerprint density at radius 1 is 1.35 bits per heavy atom. The summed E-state index contributed by atoms with van der Waals surface area (Å²) in [4.78, 5) is 10.6. The number of azo groups is 1. The minimum Gasteiger partial charge on any atom is -0.507 e. The number of rotatable bonds is 3.